The van der Waals surface area contributed by atoms with Gasteiger partial charge in [0.15, 0.2) is 0 Å². The zero-order chi connectivity index (χ0) is 16.4. The number of alkyl halides is 3. The SMILES string of the molecule is O=C(N1CCC(Oc2nncc3ccccc23)CC1)C(F)(F)F. The van der Waals surface area contributed by atoms with Crippen LogP contribution < -0.4 is 4.74 Å². The lowest BCUT2D eigenvalue weighted by Gasteiger charge is -2.32. The Labute approximate surface area is 130 Å². The van der Waals surface area contributed by atoms with Crippen molar-refractivity contribution in [2.24, 2.45) is 0 Å². The smallest absolute Gasteiger partial charge is 0.471 e. The maximum atomic E-state index is 12.4. The molecule has 1 aliphatic heterocycles. The zero-order valence-corrected chi connectivity index (χ0v) is 12.1. The highest BCUT2D eigenvalue weighted by molar-refractivity contribution is 5.85. The second-order valence-corrected chi connectivity index (χ2v) is 5.34. The number of rotatable bonds is 2. The van der Waals surface area contributed by atoms with E-state index >= 15 is 0 Å². The molecule has 1 saturated heterocycles. The van der Waals surface area contributed by atoms with Crippen molar-refractivity contribution in [1.29, 1.82) is 0 Å². The van der Waals surface area contributed by atoms with Gasteiger partial charge in [0.05, 0.1) is 6.20 Å². The number of hydrogen-bond acceptors (Lipinski definition) is 4. The maximum absolute atomic E-state index is 12.4. The predicted molar refractivity (Wildman–Crippen MR) is 75.8 cm³/mol. The number of aromatic nitrogens is 2. The molecule has 0 atom stereocenters. The number of carbonyl (C=O) groups excluding carboxylic acids is 1. The van der Waals surface area contributed by atoms with Crippen molar-refractivity contribution in [2.75, 3.05) is 13.1 Å². The highest BCUT2D eigenvalue weighted by atomic mass is 19.4. The lowest BCUT2D eigenvalue weighted by Crippen LogP contribution is -2.47. The van der Waals surface area contributed by atoms with E-state index in [0.717, 1.165) is 15.7 Å². The van der Waals surface area contributed by atoms with Crippen LogP contribution >= 0.6 is 0 Å². The number of likely N-dealkylation sites (tertiary alicyclic amines) is 1. The van der Waals surface area contributed by atoms with E-state index < -0.39 is 12.1 Å². The molecule has 0 aliphatic carbocycles. The number of hydrogen-bond donors (Lipinski definition) is 0. The first kappa shape index (κ1) is 15.5. The van der Waals surface area contributed by atoms with Crippen molar-refractivity contribution in [1.82, 2.24) is 15.1 Å². The van der Waals surface area contributed by atoms with Crippen LogP contribution in [0.15, 0.2) is 30.5 Å². The molecule has 5 nitrogen and oxygen atoms in total. The van der Waals surface area contributed by atoms with Gasteiger partial charge in [-0.2, -0.15) is 18.3 Å². The van der Waals surface area contributed by atoms with E-state index in [1.54, 1.807) is 6.20 Å². The Balaban J connectivity index is 1.66. The molecule has 0 bridgehead atoms. The van der Waals surface area contributed by atoms with Crippen molar-refractivity contribution in [2.45, 2.75) is 25.1 Å². The number of ether oxygens (including phenoxy) is 1. The molecule has 1 amide bonds. The van der Waals surface area contributed by atoms with E-state index in [1.165, 1.54) is 0 Å². The van der Waals surface area contributed by atoms with Crippen LogP contribution in [0.5, 0.6) is 5.88 Å². The van der Waals surface area contributed by atoms with Gasteiger partial charge in [-0.1, -0.05) is 18.2 Å². The molecular formula is C15H14F3N3O2. The summed E-state index contributed by atoms with van der Waals surface area (Å²) in [5.74, 6) is -1.43. The Hall–Kier alpha value is -2.38. The molecule has 1 aliphatic rings. The quantitative estimate of drug-likeness (QED) is 0.851. The third-order valence-electron chi connectivity index (χ3n) is 3.79. The first-order chi connectivity index (χ1) is 10.9. The van der Waals surface area contributed by atoms with E-state index in [1.807, 2.05) is 24.3 Å². The van der Waals surface area contributed by atoms with Gasteiger partial charge in [-0.25, -0.2) is 0 Å². The van der Waals surface area contributed by atoms with Crippen molar-refractivity contribution in [3.05, 3.63) is 30.5 Å². The minimum Gasteiger partial charge on any atom is -0.473 e. The van der Waals surface area contributed by atoms with Gasteiger partial charge in [0.1, 0.15) is 6.10 Å². The minimum absolute atomic E-state index is 0.0151. The average molecular weight is 325 g/mol. The first-order valence-electron chi connectivity index (χ1n) is 7.18. The van der Waals surface area contributed by atoms with E-state index in [2.05, 4.69) is 10.2 Å². The normalized spacial score (nSPS) is 16.6. The Morgan fingerprint density at radius 1 is 1.22 bits per heavy atom. The summed E-state index contributed by atoms with van der Waals surface area (Å²) < 4.78 is 43.0. The second-order valence-electron chi connectivity index (χ2n) is 5.34. The first-order valence-corrected chi connectivity index (χ1v) is 7.18. The van der Waals surface area contributed by atoms with Crippen LogP contribution in [0, 0.1) is 0 Å². The summed E-state index contributed by atoms with van der Waals surface area (Å²) in [5, 5.41) is 9.51. The predicted octanol–water partition coefficient (Wildman–Crippen LogP) is 2.56. The number of nitrogens with zero attached hydrogens (tertiary/aromatic N) is 3. The summed E-state index contributed by atoms with van der Waals surface area (Å²) in [6.45, 7) is 0.0302. The Bertz CT molecular complexity index is 707. The number of piperidine rings is 1. The molecule has 1 fully saturated rings. The van der Waals surface area contributed by atoms with Crippen molar-refractivity contribution in [3.63, 3.8) is 0 Å². The average Bonchev–Trinajstić information content (AvgIpc) is 2.54. The second kappa shape index (κ2) is 6.02. The fourth-order valence-corrected chi connectivity index (χ4v) is 2.60. The van der Waals surface area contributed by atoms with E-state index in [9.17, 15) is 18.0 Å². The Morgan fingerprint density at radius 3 is 2.61 bits per heavy atom. The standard InChI is InChI=1S/C15H14F3N3O2/c16-15(17,18)14(22)21-7-5-11(6-8-21)23-13-12-4-2-1-3-10(12)9-19-20-13/h1-4,9,11H,5-8H2. The lowest BCUT2D eigenvalue weighted by atomic mass is 10.1. The Morgan fingerprint density at radius 2 is 1.91 bits per heavy atom. The summed E-state index contributed by atoms with van der Waals surface area (Å²) in [6, 6.07) is 7.44. The van der Waals surface area contributed by atoms with Gasteiger partial charge in [-0.3, -0.25) is 4.79 Å². The van der Waals surface area contributed by atoms with E-state index in [0.29, 0.717) is 18.7 Å². The molecule has 1 aromatic carbocycles. The molecule has 0 spiro atoms. The maximum Gasteiger partial charge on any atom is 0.471 e. The fraction of sp³-hybridized carbons (Fsp3) is 0.400. The molecule has 1 aromatic heterocycles. The number of benzene rings is 1. The molecule has 3 rings (SSSR count). The summed E-state index contributed by atoms with van der Waals surface area (Å²) in [6.07, 6.45) is -2.84. The third-order valence-corrected chi connectivity index (χ3v) is 3.79. The van der Waals surface area contributed by atoms with Gasteiger partial charge < -0.3 is 9.64 Å². The van der Waals surface area contributed by atoms with Gasteiger partial charge in [0.2, 0.25) is 5.88 Å². The monoisotopic (exact) mass is 325 g/mol. The largest absolute Gasteiger partial charge is 0.473 e. The molecule has 0 N–H and O–H groups in total. The fourth-order valence-electron chi connectivity index (χ4n) is 2.60. The van der Waals surface area contributed by atoms with Crippen molar-refractivity contribution in [3.8, 4) is 5.88 Å². The lowest BCUT2D eigenvalue weighted by molar-refractivity contribution is -0.187. The minimum atomic E-state index is -4.82. The summed E-state index contributed by atoms with van der Waals surface area (Å²) in [5.41, 5.74) is 0. The highest BCUT2D eigenvalue weighted by Crippen LogP contribution is 2.26. The molecular weight excluding hydrogens is 311 g/mol. The van der Waals surface area contributed by atoms with Crippen LogP contribution in [0.25, 0.3) is 10.8 Å². The molecule has 0 unspecified atom stereocenters. The highest BCUT2D eigenvalue weighted by Gasteiger charge is 2.43. The number of fused-ring (bicyclic) bond motifs is 1. The van der Waals surface area contributed by atoms with Crippen LogP contribution in [0.3, 0.4) is 0 Å². The van der Waals surface area contributed by atoms with Crippen molar-refractivity contribution >= 4 is 16.7 Å². The van der Waals surface area contributed by atoms with Crippen LogP contribution in [-0.2, 0) is 4.79 Å². The van der Waals surface area contributed by atoms with Gasteiger partial charge in [0.25, 0.3) is 0 Å². The van der Waals surface area contributed by atoms with Crippen molar-refractivity contribution < 1.29 is 22.7 Å². The summed E-state index contributed by atoms with van der Waals surface area (Å²) in [4.78, 5) is 12.0. The van der Waals surface area contributed by atoms with Crippen LogP contribution in [0.4, 0.5) is 13.2 Å². The van der Waals surface area contributed by atoms with Gasteiger partial charge in [-0.05, 0) is 6.07 Å². The van der Waals surface area contributed by atoms with Gasteiger partial charge in [0, 0.05) is 36.7 Å². The van der Waals surface area contributed by atoms with E-state index in [4.69, 9.17) is 4.74 Å². The molecule has 0 radical (unpaired) electrons. The van der Waals surface area contributed by atoms with Gasteiger partial charge >= 0.3 is 12.1 Å². The Kier molecular flexibility index (Phi) is 4.06. The van der Waals surface area contributed by atoms with Gasteiger partial charge in [-0.15, -0.1) is 5.10 Å². The van der Waals surface area contributed by atoms with E-state index in [-0.39, 0.29) is 19.2 Å². The number of halogens is 3. The van der Waals surface area contributed by atoms with Crippen LogP contribution in [0.1, 0.15) is 12.8 Å². The number of carbonyl (C=O) groups is 1. The zero-order valence-electron chi connectivity index (χ0n) is 12.1. The molecule has 122 valence electrons. The molecule has 8 heteroatoms. The molecule has 23 heavy (non-hydrogen) atoms. The number of amides is 1. The third kappa shape index (κ3) is 3.35. The van der Waals surface area contributed by atoms with Crippen LogP contribution in [0.2, 0.25) is 0 Å². The summed E-state index contributed by atoms with van der Waals surface area (Å²) in [7, 11) is 0. The molecule has 2 aromatic rings. The molecule has 2 heterocycles. The molecule has 0 saturated carbocycles. The summed E-state index contributed by atoms with van der Waals surface area (Å²) >= 11 is 0. The topological polar surface area (TPSA) is 55.3 Å². The van der Waals surface area contributed by atoms with Crippen LogP contribution in [-0.4, -0.2) is 46.4 Å².